The van der Waals surface area contributed by atoms with E-state index < -0.39 is 0 Å². The molecule has 0 spiro atoms. The number of benzene rings is 1. The Balaban J connectivity index is 1.24. The molecule has 4 rings (SSSR count). The summed E-state index contributed by atoms with van der Waals surface area (Å²) in [6.45, 7) is 2.86. The Morgan fingerprint density at radius 2 is 2.19 bits per heavy atom. The first kappa shape index (κ1) is 17.6. The second-order valence-corrected chi connectivity index (χ2v) is 6.77. The number of carbonyl (C=O) groups is 1. The summed E-state index contributed by atoms with van der Waals surface area (Å²) in [5.74, 6) is 1.82. The highest BCUT2D eigenvalue weighted by Crippen LogP contribution is 2.35. The first-order valence-electron chi connectivity index (χ1n) is 9.20. The zero-order valence-corrected chi connectivity index (χ0v) is 15.1. The lowest BCUT2D eigenvalue weighted by Gasteiger charge is -2.32. The summed E-state index contributed by atoms with van der Waals surface area (Å²) < 4.78 is 16.2. The Kier molecular flexibility index (Phi) is 5.39. The molecule has 7 nitrogen and oxygen atoms in total. The van der Waals surface area contributed by atoms with Gasteiger partial charge in [-0.3, -0.25) is 14.7 Å². The lowest BCUT2D eigenvalue weighted by atomic mass is 10.1. The van der Waals surface area contributed by atoms with E-state index in [0.717, 1.165) is 38.2 Å². The van der Waals surface area contributed by atoms with Gasteiger partial charge in [0, 0.05) is 31.4 Å². The smallest absolute Gasteiger partial charge is 0.258 e. The predicted molar refractivity (Wildman–Crippen MR) is 98.7 cm³/mol. The minimum atomic E-state index is -0.114. The van der Waals surface area contributed by atoms with Crippen molar-refractivity contribution < 1.29 is 19.0 Å². The number of nitrogens with one attached hydrogen (secondary N) is 1. The van der Waals surface area contributed by atoms with Crippen LogP contribution >= 0.6 is 0 Å². The molecule has 2 aliphatic heterocycles. The van der Waals surface area contributed by atoms with Crippen molar-refractivity contribution in [2.45, 2.75) is 25.4 Å². The van der Waals surface area contributed by atoms with Crippen LogP contribution in [0.3, 0.4) is 0 Å². The number of likely N-dealkylation sites (tertiary alicyclic amines) is 1. The third-order valence-electron chi connectivity index (χ3n) is 4.70. The Morgan fingerprint density at radius 1 is 1.26 bits per heavy atom. The van der Waals surface area contributed by atoms with Crippen LogP contribution in [0.1, 0.15) is 18.5 Å². The third kappa shape index (κ3) is 4.68. The Labute approximate surface area is 158 Å². The van der Waals surface area contributed by atoms with Gasteiger partial charge in [0.05, 0.1) is 5.69 Å². The molecule has 0 radical (unpaired) electrons. The summed E-state index contributed by atoms with van der Waals surface area (Å²) in [7, 11) is 0. The fraction of sp³-hybridized carbons (Fsp3) is 0.400. The van der Waals surface area contributed by atoms with Gasteiger partial charge in [0.25, 0.3) is 5.91 Å². The van der Waals surface area contributed by atoms with E-state index in [4.69, 9.17) is 14.2 Å². The van der Waals surface area contributed by atoms with Gasteiger partial charge in [-0.2, -0.15) is 0 Å². The fourth-order valence-corrected chi connectivity index (χ4v) is 3.42. The molecule has 1 N–H and O–H groups in total. The van der Waals surface area contributed by atoms with E-state index >= 15 is 0 Å². The average molecular weight is 369 g/mol. The van der Waals surface area contributed by atoms with Crippen molar-refractivity contribution in [2.24, 2.45) is 0 Å². The Morgan fingerprint density at radius 3 is 3.07 bits per heavy atom. The Hall–Kier alpha value is -2.80. The van der Waals surface area contributed by atoms with Crippen LogP contribution in [-0.2, 0) is 11.3 Å². The highest BCUT2D eigenvalue weighted by molar-refractivity contribution is 5.77. The minimum absolute atomic E-state index is 0.0175. The molecule has 1 aromatic heterocycles. The minimum Gasteiger partial charge on any atom is -0.484 e. The van der Waals surface area contributed by atoms with Crippen LogP contribution in [-0.4, -0.2) is 48.3 Å². The molecule has 0 saturated carbocycles. The van der Waals surface area contributed by atoms with Crippen molar-refractivity contribution >= 4 is 5.91 Å². The van der Waals surface area contributed by atoms with Crippen molar-refractivity contribution in [3.63, 3.8) is 0 Å². The van der Waals surface area contributed by atoms with E-state index in [1.807, 2.05) is 24.4 Å². The number of pyridine rings is 1. The summed E-state index contributed by atoms with van der Waals surface area (Å²) in [5, 5.41) is 3.08. The van der Waals surface area contributed by atoms with Gasteiger partial charge in [-0.05, 0) is 43.7 Å². The second kappa shape index (κ2) is 8.26. The fourth-order valence-electron chi connectivity index (χ4n) is 3.42. The van der Waals surface area contributed by atoms with Gasteiger partial charge < -0.3 is 19.5 Å². The van der Waals surface area contributed by atoms with Crippen molar-refractivity contribution in [3.05, 3.63) is 48.3 Å². The van der Waals surface area contributed by atoms with Gasteiger partial charge in [-0.15, -0.1) is 0 Å². The van der Waals surface area contributed by atoms with E-state index in [9.17, 15) is 4.79 Å². The van der Waals surface area contributed by atoms with Crippen LogP contribution in [0.2, 0.25) is 0 Å². The number of rotatable bonds is 6. The number of nitrogens with zero attached hydrogens (tertiary/aromatic N) is 2. The molecule has 3 heterocycles. The van der Waals surface area contributed by atoms with Crippen LogP contribution in [0.25, 0.3) is 0 Å². The van der Waals surface area contributed by atoms with Gasteiger partial charge in [-0.1, -0.05) is 6.07 Å². The topological polar surface area (TPSA) is 72.9 Å². The quantitative estimate of drug-likeness (QED) is 0.839. The Bertz CT molecular complexity index is 784. The number of piperidine rings is 1. The number of amides is 1. The summed E-state index contributed by atoms with van der Waals surface area (Å²) >= 11 is 0. The number of hydrogen-bond donors (Lipinski definition) is 1. The lowest BCUT2D eigenvalue weighted by molar-refractivity contribution is -0.124. The molecule has 7 heteroatoms. The van der Waals surface area contributed by atoms with Gasteiger partial charge in [0.2, 0.25) is 6.79 Å². The first-order chi connectivity index (χ1) is 13.3. The molecular formula is C20H23N3O4. The summed E-state index contributed by atoms with van der Waals surface area (Å²) in [6.07, 6.45) is 3.85. The molecule has 1 fully saturated rings. The van der Waals surface area contributed by atoms with E-state index in [2.05, 4.69) is 15.2 Å². The van der Waals surface area contributed by atoms with Gasteiger partial charge in [0.15, 0.2) is 18.1 Å². The molecule has 2 aliphatic rings. The number of hydrogen-bond acceptors (Lipinski definition) is 6. The van der Waals surface area contributed by atoms with Crippen LogP contribution < -0.4 is 19.5 Å². The molecular weight excluding hydrogens is 346 g/mol. The second-order valence-electron chi connectivity index (χ2n) is 6.77. The molecule has 142 valence electrons. The van der Waals surface area contributed by atoms with E-state index in [1.165, 1.54) is 0 Å². The largest absolute Gasteiger partial charge is 0.484 e. The lowest BCUT2D eigenvalue weighted by Crippen LogP contribution is -2.48. The maximum atomic E-state index is 12.3. The first-order valence-corrected chi connectivity index (χ1v) is 9.20. The number of fused-ring (bicyclic) bond motifs is 1. The molecule has 1 saturated heterocycles. The average Bonchev–Trinajstić information content (AvgIpc) is 3.15. The SMILES string of the molecule is O=C(COc1ccc2c(c1)OCO2)NC1CCCN(Cc2ccccn2)C1. The van der Waals surface area contributed by atoms with Crippen molar-refractivity contribution in [1.82, 2.24) is 15.2 Å². The molecule has 1 amide bonds. The summed E-state index contributed by atoms with van der Waals surface area (Å²) in [5.41, 5.74) is 1.05. The summed E-state index contributed by atoms with van der Waals surface area (Å²) in [6, 6.07) is 11.4. The van der Waals surface area contributed by atoms with Gasteiger partial charge in [0.1, 0.15) is 5.75 Å². The molecule has 27 heavy (non-hydrogen) atoms. The predicted octanol–water partition coefficient (Wildman–Crippen LogP) is 1.97. The molecule has 1 aromatic carbocycles. The van der Waals surface area contributed by atoms with Crippen LogP contribution in [0.15, 0.2) is 42.6 Å². The highest BCUT2D eigenvalue weighted by Gasteiger charge is 2.22. The number of aromatic nitrogens is 1. The van der Waals surface area contributed by atoms with E-state index in [-0.39, 0.29) is 25.3 Å². The molecule has 2 aromatic rings. The van der Waals surface area contributed by atoms with Gasteiger partial charge >= 0.3 is 0 Å². The zero-order chi connectivity index (χ0) is 18.5. The summed E-state index contributed by atoms with van der Waals surface area (Å²) in [4.78, 5) is 19.0. The molecule has 0 aliphatic carbocycles. The molecule has 1 atom stereocenters. The van der Waals surface area contributed by atoms with E-state index in [0.29, 0.717) is 17.2 Å². The number of ether oxygens (including phenoxy) is 3. The normalized spacial score (nSPS) is 18.9. The van der Waals surface area contributed by atoms with Crippen molar-refractivity contribution in [2.75, 3.05) is 26.5 Å². The highest BCUT2D eigenvalue weighted by atomic mass is 16.7. The van der Waals surface area contributed by atoms with E-state index in [1.54, 1.807) is 18.2 Å². The maximum absolute atomic E-state index is 12.3. The molecule has 1 unspecified atom stereocenters. The van der Waals surface area contributed by atoms with Gasteiger partial charge in [-0.25, -0.2) is 0 Å². The molecule has 0 bridgehead atoms. The monoisotopic (exact) mass is 369 g/mol. The van der Waals surface area contributed by atoms with Crippen molar-refractivity contribution in [1.29, 1.82) is 0 Å². The maximum Gasteiger partial charge on any atom is 0.258 e. The number of carbonyl (C=O) groups excluding carboxylic acids is 1. The third-order valence-corrected chi connectivity index (χ3v) is 4.70. The zero-order valence-electron chi connectivity index (χ0n) is 15.1. The van der Waals surface area contributed by atoms with Crippen LogP contribution in [0, 0.1) is 0 Å². The van der Waals surface area contributed by atoms with Crippen LogP contribution in [0.4, 0.5) is 0 Å². The van der Waals surface area contributed by atoms with Crippen molar-refractivity contribution in [3.8, 4) is 17.2 Å². The standard InChI is InChI=1S/C20H23N3O4/c24-20(13-25-17-6-7-18-19(10-17)27-14-26-18)22-16-5-3-9-23(12-16)11-15-4-1-2-8-21-15/h1-2,4,6-8,10,16H,3,5,9,11-14H2,(H,22,24). The van der Waals surface area contributed by atoms with Crippen LogP contribution in [0.5, 0.6) is 17.2 Å².